The molecule has 0 aromatic carbocycles. The van der Waals surface area contributed by atoms with Crippen molar-refractivity contribution in [2.24, 2.45) is 56.6 Å². The van der Waals surface area contributed by atoms with Gasteiger partial charge in [-0.25, -0.2) is 4.98 Å². The van der Waals surface area contributed by atoms with Gasteiger partial charge < -0.3 is 109 Å². The summed E-state index contributed by atoms with van der Waals surface area (Å²) < 4.78 is 0. The maximum Gasteiger partial charge on any atom is 0.245 e. The average molecular weight is 1210 g/mol. The number of nitrogens with zero attached hydrogens (tertiary/aromatic N) is 3. The number of aromatic nitrogens is 2. The van der Waals surface area contributed by atoms with Crippen molar-refractivity contribution in [1.29, 1.82) is 0 Å². The van der Waals surface area contributed by atoms with Gasteiger partial charge in [-0.15, -0.1) is 0 Å². The van der Waals surface area contributed by atoms with Gasteiger partial charge in [-0.2, -0.15) is 0 Å². The number of hydrogen-bond acceptors (Lipinski definition) is 19. The quantitative estimate of drug-likeness (QED) is 0.0164. The average Bonchev–Trinajstić information content (AvgIpc) is 4.31. The zero-order chi connectivity index (χ0) is 63.1. The Kier molecular flexibility index (Phi) is 37.1. The van der Waals surface area contributed by atoms with Crippen molar-refractivity contribution in [2.45, 2.75) is 183 Å². The van der Waals surface area contributed by atoms with Gasteiger partial charge in [-0.05, 0) is 155 Å². The van der Waals surface area contributed by atoms with E-state index in [1.807, 2.05) is 0 Å². The van der Waals surface area contributed by atoms with Crippen LogP contribution in [0.1, 0.15) is 128 Å². The molecule has 0 radical (unpaired) electrons. The van der Waals surface area contributed by atoms with Crippen molar-refractivity contribution in [3.63, 3.8) is 0 Å². The maximum absolute atomic E-state index is 14.5. The van der Waals surface area contributed by atoms with E-state index in [0.29, 0.717) is 96.1 Å². The second-order valence-electron chi connectivity index (χ2n) is 21.0. The van der Waals surface area contributed by atoms with Crippen molar-refractivity contribution in [3.05, 3.63) is 18.2 Å². The van der Waals surface area contributed by atoms with Gasteiger partial charge in [0, 0.05) is 37.9 Å². The standard InChI is InChI=1S/C53H100N22O10/c1-33(68-47(80)39(19-25-59)70-45(78)35(60)13-2-5-20-54)44(77)66-31-43(76)69-40(16-10-24-58)52(85)75-28-12-18-42(75)51(84)74-41(29-34-30-63-32-67-34)50(83)73-37(15-4-7-22-56)48(81)72-38(17-11-27-65-53(61)62)49(82)71-36(14-3-6-21-55)46(79)64-26-9-8-23-57/h30,32-33,35-42H,2-29,31,54-60H2,1H3,(H,63,67)(H,64,79)(H,66,77)(H,68,80)(H,69,76)(H,70,78)(H,71,82)(H,72,81)(H,73,83)(H,74,84)(H4,61,62,65)/t33?,35?,36-,37-,38+,39-,40+,41?,42?/m0/s1. The Morgan fingerprint density at radius 1 is 0.565 bits per heavy atom. The lowest BCUT2D eigenvalue weighted by molar-refractivity contribution is -0.142. The van der Waals surface area contributed by atoms with Gasteiger partial charge in [-0.1, -0.05) is 6.42 Å². The van der Waals surface area contributed by atoms with Crippen LogP contribution >= 0.6 is 0 Å². The molecule has 1 fully saturated rings. The summed E-state index contributed by atoms with van der Waals surface area (Å²) in [7, 11) is 0. The van der Waals surface area contributed by atoms with E-state index in [-0.39, 0.29) is 96.5 Å². The molecule has 0 aliphatic carbocycles. The summed E-state index contributed by atoms with van der Waals surface area (Å²) in [5.74, 6) is -6.90. The van der Waals surface area contributed by atoms with Crippen LogP contribution in [0.3, 0.4) is 0 Å². The molecule has 0 bridgehead atoms. The number of carbonyl (C=O) groups is 10. The molecule has 9 atom stereocenters. The first-order chi connectivity index (χ1) is 40.7. The largest absolute Gasteiger partial charge is 0.370 e. The van der Waals surface area contributed by atoms with Crippen LogP contribution in [0.4, 0.5) is 0 Å². The number of rotatable bonds is 45. The monoisotopic (exact) mass is 1200 g/mol. The van der Waals surface area contributed by atoms with Crippen molar-refractivity contribution >= 4 is 65.0 Å². The van der Waals surface area contributed by atoms with Crippen LogP contribution < -0.4 is 99.5 Å². The Labute approximate surface area is 497 Å². The van der Waals surface area contributed by atoms with Crippen LogP contribution in [0.2, 0.25) is 0 Å². The minimum atomic E-state index is -1.35. The first kappa shape index (κ1) is 74.0. The van der Waals surface area contributed by atoms with E-state index < -0.39 is 120 Å². The number of carbonyl (C=O) groups excluding carboxylic acids is 10. The molecule has 1 aliphatic heterocycles. The Morgan fingerprint density at radius 3 is 1.65 bits per heavy atom. The van der Waals surface area contributed by atoms with Gasteiger partial charge in [0.2, 0.25) is 59.1 Å². The number of unbranched alkanes of at least 4 members (excludes halogenated alkanes) is 4. The number of amides is 10. The molecule has 2 rings (SSSR count). The molecule has 0 spiro atoms. The Morgan fingerprint density at radius 2 is 1.08 bits per heavy atom. The summed E-state index contributed by atoms with van der Waals surface area (Å²) in [5, 5.41) is 24.1. The number of hydrogen-bond donors (Lipinski definition) is 19. The molecule has 1 saturated heterocycles. The molecule has 4 unspecified atom stereocenters. The van der Waals surface area contributed by atoms with E-state index in [0.717, 1.165) is 0 Å². The third kappa shape index (κ3) is 29.0. The number of guanidine groups is 1. The number of nitrogens with two attached hydrogens (primary N) is 9. The fourth-order valence-electron chi connectivity index (χ4n) is 9.19. The second kappa shape index (κ2) is 42.7. The minimum absolute atomic E-state index is 0.0304. The second-order valence-corrected chi connectivity index (χ2v) is 21.0. The van der Waals surface area contributed by atoms with Gasteiger partial charge in [0.05, 0.1) is 18.9 Å². The molecule has 0 saturated carbocycles. The van der Waals surface area contributed by atoms with Gasteiger partial charge in [0.1, 0.15) is 48.3 Å². The highest BCUT2D eigenvalue weighted by atomic mass is 16.2. The molecule has 85 heavy (non-hydrogen) atoms. The van der Waals surface area contributed by atoms with E-state index in [1.54, 1.807) is 0 Å². The molecular formula is C53H100N22O10. The summed E-state index contributed by atoms with van der Waals surface area (Å²) in [4.78, 5) is 150. The SMILES string of the molecule is CC(NC(=O)[C@H](CCN)NC(=O)C(N)CCCCN)C(=O)NCC(=O)N[C@H](CCCN)C(=O)N1CCCC1C(=O)NC(Cc1cnc[nH]1)C(=O)N[C@@H](CCCCN)C(=O)N[C@H](CCCN=C(N)N)C(=O)N[C@@H](CCCCN)C(=O)NCCCCN. The lowest BCUT2D eigenvalue weighted by Crippen LogP contribution is -2.60. The van der Waals surface area contributed by atoms with Crippen molar-refractivity contribution in [1.82, 2.24) is 62.7 Å². The number of likely N-dealkylation sites (tertiary alicyclic amines) is 1. The Bertz CT molecular complexity index is 2240. The van der Waals surface area contributed by atoms with E-state index in [2.05, 4.69) is 62.8 Å². The number of aromatic amines is 1. The van der Waals surface area contributed by atoms with Crippen LogP contribution in [-0.4, -0.2) is 200 Å². The molecule has 28 N–H and O–H groups in total. The zero-order valence-corrected chi connectivity index (χ0v) is 49.5. The topological polar surface area (TPSA) is 557 Å². The third-order valence-corrected chi connectivity index (χ3v) is 14.0. The Balaban J connectivity index is 2.31. The molecule has 1 aromatic rings. The Hall–Kier alpha value is -7.10. The fraction of sp³-hybridized carbons (Fsp3) is 0.736. The van der Waals surface area contributed by atoms with Crippen LogP contribution in [0, 0.1) is 0 Å². The highest BCUT2D eigenvalue weighted by Gasteiger charge is 2.40. The van der Waals surface area contributed by atoms with E-state index in [9.17, 15) is 47.9 Å². The molecule has 32 nitrogen and oxygen atoms in total. The predicted molar refractivity (Wildman–Crippen MR) is 319 cm³/mol. The lowest BCUT2D eigenvalue weighted by atomic mass is 10.0. The first-order valence-corrected chi connectivity index (χ1v) is 29.7. The van der Waals surface area contributed by atoms with Crippen LogP contribution in [-0.2, 0) is 54.4 Å². The minimum Gasteiger partial charge on any atom is -0.370 e. The van der Waals surface area contributed by atoms with E-state index >= 15 is 0 Å². The van der Waals surface area contributed by atoms with Crippen molar-refractivity contribution < 1.29 is 47.9 Å². The summed E-state index contributed by atoms with van der Waals surface area (Å²) in [6.45, 7) is 3.05. The highest BCUT2D eigenvalue weighted by molar-refractivity contribution is 5.98. The number of imidazole rings is 1. The van der Waals surface area contributed by atoms with Gasteiger partial charge in [0.15, 0.2) is 5.96 Å². The van der Waals surface area contributed by atoms with E-state index in [4.69, 9.17) is 51.6 Å². The molecule has 2 heterocycles. The summed E-state index contributed by atoms with van der Waals surface area (Å²) in [6.07, 6.45) is 9.18. The lowest BCUT2D eigenvalue weighted by Gasteiger charge is -2.30. The molecule has 32 heteroatoms. The first-order valence-electron chi connectivity index (χ1n) is 29.7. The zero-order valence-electron chi connectivity index (χ0n) is 49.5. The predicted octanol–water partition coefficient (Wildman–Crippen LogP) is -6.82. The van der Waals surface area contributed by atoms with Crippen LogP contribution in [0.15, 0.2) is 17.5 Å². The van der Waals surface area contributed by atoms with Crippen LogP contribution in [0.5, 0.6) is 0 Å². The van der Waals surface area contributed by atoms with Crippen molar-refractivity contribution in [2.75, 3.05) is 65.4 Å². The summed E-state index contributed by atoms with van der Waals surface area (Å²) in [6, 6.07) is -10.3. The third-order valence-electron chi connectivity index (χ3n) is 14.0. The van der Waals surface area contributed by atoms with Gasteiger partial charge in [-0.3, -0.25) is 52.9 Å². The molecule has 1 aromatic heterocycles. The van der Waals surface area contributed by atoms with Gasteiger partial charge >= 0.3 is 0 Å². The van der Waals surface area contributed by atoms with Crippen molar-refractivity contribution in [3.8, 4) is 0 Å². The summed E-state index contributed by atoms with van der Waals surface area (Å²) >= 11 is 0. The molecule has 482 valence electrons. The molecule has 10 amide bonds. The van der Waals surface area contributed by atoms with Gasteiger partial charge in [0.25, 0.3) is 0 Å². The number of nitrogens with one attached hydrogen (secondary N) is 10. The molecule has 1 aliphatic rings. The van der Waals surface area contributed by atoms with E-state index in [1.165, 1.54) is 24.3 Å². The normalized spacial score (nSPS) is 15.7. The maximum atomic E-state index is 14.5. The number of aliphatic imine (C=N–C) groups is 1. The summed E-state index contributed by atoms with van der Waals surface area (Å²) in [5.41, 5.74) is 51.7. The fourth-order valence-corrected chi connectivity index (χ4v) is 9.19. The van der Waals surface area contributed by atoms with Crippen LogP contribution in [0.25, 0.3) is 0 Å². The highest BCUT2D eigenvalue weighted by Crippen LogP contribution is 2.21. The number of H-pyrrole nitrogens is 1. The molecular weight excluding hydrogens is 1100 g/mol. The smallest absolute Gasteiger partial charge is 0.245 e.